The maximum atomic E-state index is 12.0. The molecule has 0 spiro atoms. The second-order valence-electron chi connectivity index (χ2n) is 28.6. The molecule has 0 aromatic rings. The Morgan fingerprint density at radius 1 is 0.288 bits per heavy atom. The minimum Gasteiger partial charge on any atom is -0.464 e. The van der Waals surface area contributed by atoms with Crippen LogP contribution in [0.2, 0.25) is 0 Å². The fourth-order valence-corrected chi connectivity index (χ4v) is 10.6. The van der Waals surface area contributed by atoms with E-state index in [1.54, 1.807) is 87.2 Å². The molecule has 4 unspecified atom stereocenters. The summed E-state index contributed by atoms with van der Waals surface area (Å²) in [6, 6.07) is 0. The highest BCUT2D eigenvalue weighted by atomic mass is 16.6. The number of ether oxygens (including phenoxy) is 19. The molecule has 674 valence electrons. The molecule has 0 radical (unpaired) electrons. The molecule has 4 atom stereocenters. The van der Waals surface area contributed by atoms with Crippen LogP contribution in [0.3, 0.4) is 0 Å². The molecule has 0 aliphatic heterocycles. The highest BCUT2D eigenvalue weighted by Gasteiger charge is 2.49. The Labute approximate surface area is 702 Å². The summed E-state index contributed by atoms with van der Waals surface area (Å²) in [6.45, 7) is 58.4. The van der Waals surface area contributed by atoms with Crippen LogP contribution >= 0.6 is 0 Å². The molecule has 3 rings (SSSR count). The summed E-state index contributed by atoms with van der Waals surface area (Å²) in [4.78, 5) is 119. The number of carbonyl (C=O) groups is 11. The number of rotatable bonds is 60. The molecule has 0 heterocycles. The Balaban J connectivity index is -0.000000669. The molecule has 3 aliphatic carbocycles. The summed E-state index contributed by atoms with van der Waals surface area (Å²) in [5.74, 6) is -0.240. The molecule has 3 aliphatic rings. The van der Waals surface area contributed by atoms with E-state index in [9.17, 15) is 52.7 Å². The second-order valence-corrected chi connectivity index (χ2v) is 28.6. The number of carbonyl (C=O) groups excluding carboxylic acids is 11. The van der Waals surface area contributed by atoms with Crippen LogP contribution in [0, 0.1) is 45.3 Å². The van der Waals surface area contributed by atoms with Crippen molar-refractivity contribution in [2.45, 2.75) is 146 Å². The van der Waals surface area contributed by atoms with Crippen LogP contribution < -0.4 is 0 Å². The quantitative estimate of drug-likeness (QED) is 0.0236. The second kappa shape index (κ2) is 75.7. The predicted octanol–water partition coefficient (Wildman–Crippen LogP) is 12.2. The van der Waals surface area contributed by atoms with Crippen molar-refractivity contribution in [3.8, 4) is 0 Å². The van der Waals surface area contributed by atoms with Gasteiger partial charge in [-0.15, -0.1) is 0 Å². The SMILES string of the molecule is C1CC2C3CCC(C3)C2C1.C=CC(=O)OCC.C=CC(=O)OCC.C=CC(=O)OCC(C)(C)COC(=O)C(C)(C)COC(=O)C=C.C=CC(=O)OCCCOCCCCCCOCCCOC(=O)C=C.C=CC(=O)OCCOCC(C)(C)COCCOC(=O)C=C.C=CC(=O)OCCOCC(CC)(COCCOC)COCCOC(=O)C=C. The molecule has 3 saturated carbocycles. The molecule has 0 aromatic carbocycles. The number of hydrogen-bond acceptors (Lipinski definition) is 30. The van der Waals surface area contributed by atoms with Gasteiger partial charge >= 0.3 is 65.7 Å². The van der Waals surface area contributed by atoms with Crippen molar-refractivity contribution in [2.24, 2.45) is 45.3 Å². The zero-order chi connectivity index (χ0) is 89.7. The molecule has 30 nitrogen and oxygen atoms in total. The van der Waals surface area contributed by atoms with E-state index in [0.717, 1.165) is 106 Å². The van der Waals surface area contributed by atoms with Gasteiger partial charge in [-0.25, -0.2) is 47.9 Å². The van der Waals surface area contributed by atoms with Gasteiger partial charge in [-0.1, -0.05) is 120 Å². The number of unbranched alkanes of at least 4 members (excludes halogenated alkanes) is 3. The third-order valence-corrected chi connectivity index (χ3v) is 16.9. The Kier molecular flexibility index (Phi) is 74.1. The summed E-state index contributed by atoms with van der Waals surface area (Å²) >= 11 is 0. The van der Waals surface area contributed by atoms with Gasteiger partial charge in [0.1, 0.15) is 33.0 Å². The van der Waals surface area contributed by atoms with E-state index in [1.807, 2.05) is 20.8 Å². The largest absolute Gasteiger partial charge is 0.464 e. The van der Waals surface area contributed by atoms with Crippen LogP contribution in [0.1, 0.15) is 146 Å². The van der Waals surface area contributed by atoms with E-state index in [0.29, 0.717) is 112 Å². The minimum atomic E-state index is -0.980. The fraction of sp³-hybridized carbons (Fsp3) is 0.648. The monoisotopic (exact) mass is 1680 g/mol. The van der Waals surface area contributed by atoms with Crippen molar-refractivity contribution in [3.63, 3.8) is 0 Å². The molecule has 3 fully saturated rings. The van der Waals surface area contributed by atoms with Crippen molar-refractivity contribution in [3.05, 3.63) is 127 Å². The van der Waals surface area contributed by atoms with Gasteiger partial charge in [0.15, 0.2) is 0 Å². The summed E-state index contributed by atoms with van der Waals surface area (Å²) in [7, 11) is 1.61. The topological polar surface area (TPSA) is 363 Å². The Morgan fingerprint density at radius 3 is 0.881 bits per heavy atom. The number of methoxy groups -OCH3 is 1. The molecule has 0 N–H and O–H groups in total. The van der Waals surface area contributed by atoms with Gasteiger partial charge in [0.25, 0.3) is 0 Å². The van der Waals surface area contributed by atoms with E-state index in [1.165, 1.54) is 23.7 Å². The lowest BCUT2D eigenvalue weighted by atomic mass is 9.82. The molecule has 2 bridgehead atoms. The molecular formula is C88H142O30. The van der Waals surface area contributed by atoms with E-state index in [2.05, 4.69) is 75.3 Å². The standard InChI is InChI=1S/C19H32O8.C18H30O6.C16H24O6.C15H24O6.C10H16.2C5H8O2/c1-5-17(20)26-12-10-24-15-19(7-3,14-23-9-8-22-4)16-25-11-13-27-18(21)6-2;1-3-17(19)23-15-9-13-21-11-7-5-6-8-12-22-14-10-16-24-18(20)4-2;1-7-12(17)20-9-15(3,4)10-22-14(19)16(5,6)11-21-13(18)8-2;1-5-13(16)20-9-7-18-11-15(3,4)12-19-8-10-21-14(17)6-2;1-2-9-7-4-5-8(6-7)10(9)3-1;2*1-3-5(6)7-4-2/h5-6H,1-2,7-16H2,3-4H3;3-4H,1-2,5-16H2;7-8H,1-2,9-11H2,3-6H3;5-6H,1-2,7-12H2,3-4H3;7-10H,1-6H2;2*3H,1,4H2,2H3. The van der Waals surface area contributed by atoms with Crippen LogP contribution in [0.25, 0.3) is 0 Å². The van der Waals surface area contributed by atoms with Gasteiger partial charge in [-0.2, -0.15) is 0 Å². The van der Waals surface area contributed by atoms with E-state index >= 15 is 0 Å². The van der Waals surface area contributed by atoms with Crippen LogP contribution in [0.4, 0.5) is 0 Å². The number of fused-ring (bicyclic) bond motifs is 5. The lowest BCUT2D eigenvalue weighted by Crippen LogP contribution is -2.38. The zero-order valence-corrected chi connectivity index (χ0v) is 72.5. The summed E-state index contributed by atoms with van der Waals surface area (Å²) in [6.07, 6.45) is 27.0. The van der Waals surface area contributed by atoms with Crippen LogP contribution in [-0.2, 0) is 143 Å². The fourth-order valence-electron chi connectivity index (χ4n) is 10.6. The zero-order valence-electron chi connectivity index (χ0n) is 72.5. The summed E-state index contributed by atoms with van der Waals surface area (Å²) in [5.41, 5.74) is -2.09. The maximum Gasteiger partial charge on any atom is 0.330 e. The molecule has 118 heavy (non-hydrogen) atoms. The Hall–Kier alpha value is -8.75. The highest BCUT2D eigenvalue weighted by Crippen LogP contribution is 2.58. The van der Waals surface area contributed by atoms with Gasteiger partial charge < -0.3 is 90.0 Å². The van der Waals surface area contributed by atoms with Crippen molar-refractivity contribution in [1.29, 1.82) is 0 Å². The molecule has 0 saturated heterocycles. The predicted molar refractivity (Wildman–Crippen MR) is 445 cm³/mol. The van der Waals surface area contributed by atoms with Gasteiger partial charge in [0.05, 0.1) is 118 Å². The first kappa shape index (κ1) is 116. The minimum absolute atomic E-state index is 0.0646. The average Bonchev–Trinajstić information content (AvgIpc) is 1.62. The summed E-state index contributed by atoms with van der Waals surface area (Å²) < 4.78 is 96.6. The van der Waals surface area contributed by atoms with Crippen molar-refractivity contribution in [2.75, 3.05) is 179 Å². The Bertz CT molecular complexity index is 2760. The van der Waals surface area contributed by atoms with Crippen molar-refractivity contribution < 1.29 is 143 Å². The smallest absolute Gasteiger partial charge is 0.330 e. The summed E-state index contributed by atoms with van der Waals surface area (Å²) in [5, 5.41) is 0. The third kappa shape index (κ3) is 68.2. The average molecular weight is 1680 g/mol. The third-order valence-electron chi connectivity index (χ3n) is 16.9. The van der Waals surface area contributed by atoms with Crippen LogP contribution in [0.15, 0.2) is 127 Å². The number of esters is 11. The first-order valence-electron chi connectivity index (χ1n) is 39.9. The molecule has 0 amide bonds. The van der Waals surface area contributed by atoms with Crippen LogP contribution in [-0.4, -0.2) is 245 Å². The molecule has 30 heteroatoms. The van der Waals surface area contributed by atoms with Crippen molar-refractivity contribution >= 4 is 65.7 Å². The Morgan fingerprint density at radius 2 is 0.568 bits per heavy atom. The van der Waals surface area contributed by atoms with Crippen LogP contribution in [0.5, 0.6) is 0 Å². The maximum absolute atomic E-state index is 12.0. The normalized spacial score (nSPS) is 14.4. The van der Waals surface area contributed by atoms with Gasteiger partial charge in [-0.05, 0) is 103 Å². The lowest BCUT2D eigenvalue weighted by Gasteiger charge is -2.32. The number of hydrogen-bond donors (Lipinski definition) is 0. The highest BCUT2D eigenvalue weighted by molar-refractivity contribution is 5.84. The van der Waals surface area contributed by atoms with Crippen molar-refractivity contribution in [1.82, 2.24) is 0 Å². The van der Waals surface area contributed by atoms with E-state index in [-0.39, 0.29) is 82.2 Å². The first-order valence-corrected chi connectivity index (χ1v) is 39.9. The van der Waals surface area contributed by atoms with Gasteiger partial charge in [0, 0.05) is 123 Å². The van der Waals surface area contributed by atoms with E-state index < -0.39 is 64.6 Å². The first-order chi connectivity index (χ1) is 56.2. The van der Waals surface area contributed by atoms with Gasteiger partial charge in [-0.3, -0.25) is 4.79 Å². The van der Waals surface area contributed by atoms with E-state index in [4.69, 9.17) is 80.5 Å². The lowest BCUT2D eigenvalue weighted by molar-refractivity contribution is -0.164. The van der Waals surface area contributed by atoms with Gasteiger partial charge in [0.2, 0.25) is 0 Å². The molecule has 0 aromatic heterocycles. The molecular weight excluding hydrogens is 1540 g/mol.